The van der Waals surface area contributed by atoms with Gasteiger partial charge in [-0.1, -0.05) is 26.8 Å². The van der Waals surface area contributed by atoms with Crippen LogP contribution < -0.4 is 0 Å². The molecule has 0 N–H and O–H groups in total. The van der Waals surface area contributed by atoms with Gasteiger partial charge in [-0.3, -0.25) is 4.79 Å². The molecule has 0 saturated carbocycles. The maximum Gasteiger partial charge on any atom is 0.276 e. The molecule has 2 unspecified atom stereocenters. The number of carbonyl (C=O) groups is 1. The fourth-order valence-electron chi connectivity index (χ4n) is 3.34. The maximum atomic E-state index is 13.2. The zero-order valence-corrected chi connectivity index (χ0v) is 14.8. The molecule has 5 heteroatoms. The number of carbonyl (C=O) groups excluding carboxylic acids is 1. The van der Waals surface area contributed by atoms with E-state index in [0.29, 0.717) is 23.3 Å². The van der Waals surface area contributed by atoms with Crippen LogP contribution in [-0.2, 0) is 0 Å². The van der Waals surface area contributed by atoms with Crippen molar-refractivity contribution >= 4 is 17.2 Å². The SMILES string of the molecule is CC1CCC(C(C)C)N(C(=O)c2ncoc2-c2cccs2)CC1. The monoisotopic (exact) mass is 332 g/mol. The molecular weight excluding hydrogens is 308 g/mol. The number of thiophene rings is 1. The van der Waals surface area contributed by atoms with E-state index in [0.717, 1.165) is 24.3 Å². The molecule has 0 spiro atoms. The Bertz CT molecular complexity index is 648. The van der Waals surface area contributed by atoms with Gasteiger partial charge in [-0.05, 0) is 42.5 Å². The predicted molar refractivity (Wildman–Crippen MR) is 92.5 cm³/mol. The molecule has 2 aromatic heterocycles. The molecule has 2 aromatic rings. The molecule has 1 aliphatic heterocycles. The van der Waals surface area contributed by atoms with E-state index >= 15 is 0 Å². The summed E-state index contributed by atoms with van der Waals surface area (Å²) in [5.41, 5.74) is 0.452. The molecule has 0 radical (unpaired) electrons. The molecule has 3 rings (SSSR count). The van der Waals surface area contributed by atoms with Crippen LogP contribution in [0.25, 0.3) is 10.6 Å². The third kappa shape index (κ3) is 3.34. The molecule has 2 atom stereocenters. The lowest BCUT2D eigenvalue weighted by molar-refractivity contribution is 0.0626. The minimum Gasteiger partial charge on any atom is -0.442 e. The summed E-state index contributed by atoms with van der Waals surface area (Å²) in [4.78, 5) is 20.4. The summed E-state index contributed by atoms with van der Waals surface area (Å²) in [7, 11) is 0. The third-order valence-corrected chi connectivity index (χ3v) is 5.63. The molecule has 1 amide bonds. The van der Waals surface area contributed by atoms with Gasteiger partial charge < -0.3 is 9.32 Å². The van der Waals surface area contributed by atoms with E-state index in [1.807, 2.05) is 22.4 Å². The first-order chi connectivity index (χ1) is 11.1. The topological polar surface area (TPSA) is 46.3 Å². The van der Waals surface area contributed by atoms with Crippen LogP contribution >= 0.6 is 11.3 Å². The molecule has 1 saturated heterocycles. The zero-order chi connectivity index (χ0) is 16.4. The van der Waals surface area contributed by atoms with Gasteiger partial charge in [0.15, 0.2) is 17.8 Å². The molecule has 0 aliphatic carbocycles. The molecule has 124 valence electrons. The number of aromatic nitrogens is 1. The van der Waals surface area contributed by atoms with Gasteiger partial charge in [0.1, 0.15) is 0 Å². The second-order valence-corrected chi connectivity index (χ2v) is 7.74. The van der Waals surface area contributed by atoms with E-state index in [1.54, 1.807) is 11.3 Å². The lowest BCUT2D eigenvalue weighted by atomic mass is 9.95. The second kappa shape index (κ2) is 6.87. The van der Waals surface area contributed by atoms with Gasteiger partial charge in [-0.2, -0.15) is 0 Å². The number of oxazole rings is 1. The van der Waals surface area contributed by atoms with Crippen LogP contribution in [0.1, 0.15) is 50.5 Å². The average Bonchev–Trinajstić information content (AvgIpc) is 3.16. The normalized spacial score (nSPS) is 22.3. The second-order valence-electron chi connectivity index (χ2n) is 6.79. The zero-order valence-electron chi connectivity index (χ0n) is 14.0. The highest BCUT2D eigenvalue weighted by molar-refractivity contribution is 7.13. The minimum atomic E-state index is 0.00921. The number of amides is 1. The van der Waals surface area contributed by atoms with Crippen molar-refractivity contribution in [2.45, 2.75) is 46.1 Å². The van der Waals surface area contributed by atoms with Gasteiger partial charge in [0.2, 0.25) is 0 Å². The van der Waals surface area contributed by atoms with Crippen LogP contribution in [0.3, 0.4) is 0 Å². The quantitative estimate of drug-likeness (QED) is 0.819. The highest BCUT2D eigenvalue weighted by atomic mass is 32.1. The van der Waals surface area contributed by atoms with Crippen molar-refractivity contribution in [3.63, 3.8) is 0 Å². The Hall–Kier alpha value is -1.62. The minimum absolute atomic E-state index is 0.00921. The van der Waals surface area contributed by atoms with E-state index in [4.69, 9.17) is 4.42 Å². The number of nitrogens with zero attached hydrogens (tertiary/aromatic N) is 2. The third-order valence-electron chi connectivity index (χ3n) is 4.76. The number of hydrogen-bond donors (Lipinski definition) is 0. The van der Waals surface area contributed by atoms with Gasteiger partial charge in [-0.15, -0.1) is 11.3 Å². The highest BCUT2D eigenvalue weighted by Crippen LogP contribution is 2.31. The molecule has 0 aromatic carbocycles. The van der Waals surface area contributed by atoms with Crippen LogP contribution in [0, 0.1) is 11.8 Å². The first-order valence-corrected chi connectivity index (χ1v) is 9.24. The van der Waals surface area contributed by atoms with Gasteiger partial charge in [-0.25, -0.2) is 4.98 Å². The van der Waals surface area contributed by atoms with Gasteiger partial charge in [0.25, 0.3) is 5.91 Å². The van der Waals surface area contributed by atoms with Gasteiger partial charge >= 0.3 is 0 Å². The van der Waals surface area contributed by atoms with Crippen molar-refractivity contribution in [3.05, 3.63) is 29.6 Å². The first-order valence-electron chi connectivity index (χ1n) is 8.36. The summed E-state index contributed by atoms with van der Waals surface area (Å²) in [6.07, 6.45) is 4.69. The molecule has 0 bridgehead atoms. The van der Waals surface area contributed by atoms with Crippen LogP contribution in [0.4, 0.5) is 0 Å². The maximum absolute atomic E-state index is 13.2. The van der Waals surface area contributed by atoms with E-state index < -0.39 is 0 Å². The van der Waals surface area contributed by atoms with E-state index in [-0.39, 0.29) is 11.9 Å². The summed E-state index contributed by atoms with van der Waals surface area (Å²) < 4.78 is 5.52. The van der Waals surface area contributed by atoms with E-state index in [9.17, 15) is 4.79 Å². The van der Waals surface area contributed by atoms with Crippen LogP contribution in [0.5, 0.6) is 0 Å². The summed E-state index contributed by atoms with van der Waals surface area (Å²) >= 11 is 1.57. The van der Waals surface area contributed by atoms with Crippen molar-refractivity contribution in [2.24, 2.45) is 11.8 Å². The Morgan fingerprint density at radius 3 is 2.91 bits per heavy atom. The average molecular weight is 332 g/mol. The Kier molecular flexibility index (Phi) is 4.85. The van der Waals surface area contributed by atoms with Crippen molar-refractivity contribution < 1.29 is 9.21 Å². The standard InChI is InChI=1S/C18H24N2O2S/c1-12(2)14-7-6-13(3)8-9-20(14)18(21)16-17(22-11-19-16)15-5-4-10-23-15/h4-5,10-14H,6-9H2,1-3H3. The number of rotatable bonds is 3. The number of likely N-dealkylation sites (tertiary alicyclic amines) is 1. The van der Waals surface area contributed by atoms with Crippen LogP contribution in [0.15, 0.2) is 28.3 Å². The lowest BCUT2D eigenvalue weighted by Crippen LogP contribution is -2.43. The van der Waals surface area contributed by atoms with Crippen molar-refractivity contribution in [1.82, 2.24) is 9.88 Å². The lowest BCUT2D eigenvalue weighted by Gasteiger charge is -2.32. The fourth-order valence-corrected chi connectivity index (χ4v) is 4.06. The summed E-state index contributed by atoms with van der Waals surface area (Å²) in [6.45, 7) is 7.48. The molecule has 23 heavy (non-hydrogen) atoms. The van der Waals surface area contributed by atoms with E-state index in [1.165, 1.54) is 12.8 Å². The van der Waals surface area contributed by atoms with Crippen molar-refractivity contribution in [2.75, 3.05) is 6.54 Å². The fraction of sp³-hybridized carbons (Fsp3) is 0.556. The van der Waals surface area contributed by atoms with Gasteiger partial charge in [0.05, 0.1) is 4.88 Å². The van der Waals surface area contributed by atoms with E-state index in [2.05, 4.69) is 25.8 Å². The Morgan fingerprint density at radius 2 is 2.22 bits per heavy atom. The molecule has 4 nitrogen and oxygen atoms in total. The van der Waals surface area contributed by atoms with Crippen LogP contribution in [-0.4, -0.2) is 28.4 Å². The largest absolute Gasteiger partial charge is 0.442 e. The molecule has 1 fully saturated rings. The number of hydrogen-bond acceptors (Lipinski definition) is 4. The highest BCUT2D eigenvalue weighted by Gasteiger charge is 2.33. The summed E-state index contributed by atoms with van der Waals surface area (Å²) in [5.74, 6) is 1.73. The van der Waals surface area contributed by atoms with Crippen molar-refractivity contribution in [3.8, 4) is 10.6 Å². The van der Waals surface area contributed by atoms with Gasteiger partial charge in [0, 0.05) is 12.6 Å². The van der Waals surface area contributed by atoms with Crippen molar-refractivity contribution in [1.29, 1.82) is 0 Å². The van der Waals surface area contributed by atoms with Crippen LogP contribution in [0.2, 0.25) is 0 Å². The molecule has 3 heterocycles. The Morgan fingerprint density at radius 1 is 1.39 bits per heavy atom. The predicted octanol–water partition coefficient (Wildman–Crippen LogP) is 4.69. The molecular formula is C18H24N2O2S. The Balaban J connectivity index is 1.90. The Labute approximate surface area is 141 Å². The molecule has 1 aliphatic rings. The summed E-state index contributed by atoms with van der Waals surface area (Å²) in [6, 6.07) is 4.20. The summed E-state index contributed by atoms with van der Waals surface area (Å²) in [5, 5.41) is 1.98. The smallest absolute Gasteiger partial charge is 0.276 e. The first kappa shape index (κ1) is 16.2.